The standard InChI is InChI=1S/C10H23N.C3H6O.C2H6/c1-10(2)8-6-4-5-7-9-11-3;1-2-3-4;1-2/h10-11H,4-9H2,1-3H3;3H,2H2,1H3;1-2H3. The lowest BCUT2D eigenvalue weighted by molar-refractivity contribution is -0.107. The van der Waals surface area contributed by atoms with Crippen molar-refractivity contribution in [3.8, 4) is 0 Å². The Bertz CT molecular complexity index is 113. The predicted octanol–water partition coefficient (Wildman–Crippen LogP) is 4.43. The van der Waals surface area contributed by atoms with Crippen molar-refractivity contribution in [2.45, 2.75) is 73.1 Å². The van der Waals surface area contributed by atoms with Crippen LogP contribution < -0.4 is 5.32 Å². The quantitative estimate of drug-likeness (QED) is 0.506. The summed E-state index contributed by atoms with van der Waals surface area (Å²) in [6.07, 6.45) is 8.49. The van der Waals surface area contributed by atoms with Gasteiger partial charge in [-0.25, -0.2) is 0 Å². The van der Waals surface area contributed by atoms with Gasteiger partial charge in [0.2, 0.25) is 0 Å². The minimum Gasteiger partial charge on any atom is -0.320 e. The van der Waals surface area contributed by atoms with Crippen molar-refractivity contribution in [2.24, 2.45) is 5.92 Å². The summed E-state index contributed by atoms with van der Waals surface area (Å²) >= 11 is 0. The molecule has 0 unspecified atom stereocenters. The van der Waals surface area contributed by atoms with E-state index in [1.807, 2.05) is 27.8 Å². The summed E-state index contributed by atoms with van der Waals surface area (Å²) in [5, 5.41) is 3.17. The normalized spacial score (nSPS) is 8.88. The van der Waals surface area contributed by atoms with Gasteiger partial charge in [0.15, 0.2) is 0 Å². The van der Waals surface area contributed by atoms with Gasteiger partial charge in [-0.2, -0.15) is 0 Å². The van der Waals surface area contributed by atoms with Crippen LogP contribution in [-0.4, -0.2) is 19.9 Å². The summed E-state index contributed by atoms with van der Waals surface area (Å²) < 4.78 is 0. The summed E-state index contributed by atoms with van der Waals surface area (Å²) in [5.74, 6) is 0.888. The zero-order valence-electron chi connectivity index (χ0n) is 13.0. The Morgan fingerprint density at radius 2 is 1.53 bits per heavy atom. The molecule has 106 valence electrons. The summed E-state index contributed by atoms with van der Waals surface area (Å²) in [6.45, 7) is 11.6. The molecule has 2 nitrogen and oxygen atoms in total. The van der Waals surface area contributed by atoms with Gasteiger partial charge in [0.25, 0.3) is 0 Å². The van der Waals surface area contributed by atoms with E-state index in [2.05, 4.69) is 19.2 Å². The topological polar surface area (TPSA) is 29.1 Å². The molecule has 0 aliphatic heterocycles. The number of unbranched alkanes of at least 4 members (excludes halogenated alkanes) is 3. The Kier molecular flexibility index (Phi) is 31.8. The lowest BCUT2D eigenvalue weighted by Crippen LogP contribution is -2.06. The molecule has 0 saturated carbocycles. The molecule has 0 radical (unpaired) electrons. The Morgan fingerprint density at radius 1 is 1.06 bits per heavy atom. The molecule has 0 aromatic rings. The molecule has 0 atom stereocenters. The average molecular weight is 245 g/mol. The van der Waals surface area contributed by atoms with Crippen LogP contribution in [0.5, 0.6) is 0 Å². The van der Waals surface area contributed by atoms with Gasteiger partial charge < -0.3 is 10.1 Å². The minimum absolute atomic E-state index is 0.639. The SMILES string of the molecule is CC.CCC=O.CNCCCCCCC(C)C. The zero-order valence-corrected chi connectivity index (χ0v) is 13.0. The first-order valence-corrected chi connectivity index (χ1v) is 7.27. The van der Waals surface area contributed by atoms with E-state index >= 15 is 0 Å². The van der Waals surface area contributed by atoms with Gasteiger partial charge in [-0.1, -0.05) is 60.3 Å². The van der Waals surface area contributed by atoms with Crippen LogP contribution in [0.25, 0.3) is 0 Å². The van der Waals surface area contributed by atoms with E-state index in [-0.39, 0.29) is 0 Å². The van der Waals surface area contributed by atoms with Crippen LogP contribution in [0.15, 0.2) is 0 Å². The Hall–Kier alpha value is -0.370. The first kappa shape index (κ1) is 21.9. The van der Waals surface area contributed by atoms with Gasteiger partial charge in [0, 0.05) is 6.42 Å². The Morgan fingerprint density at radius 3 is 1.88 bits per heavy atom. The second-order valence-electron chi connectivity index (χ2n) is 4.28. The van der Waals surface area contributed by atoms with Crippen LogP contribution in [0, 0.1) is 5.92 Å². The van der Waals surface area contributed by atoms with E-state index in [1.165, 1.54) is 38.6 Å². The van der Waals surface area contributed by atoms with Crippen LogP contribution in [0.1, 0.15) is 73.1 Å². The molecular weight excluding hydrogens is 210 g/mol. The van der Waals surface area contributed by atoms with Crippen molar-refractivity contribution in [1.82, 2.24) is 5.32 Å². The van der Waals surface area contributed by atoms with Crippen molar-refractivity contribution < 1.29 is 4.79 Å². The molecule has 0 rings (SSSR count). The smallest absolute Gasteiger partial charge is 0.119 e. The van der Waals surface area contributed by atoms with E-state index in [4.69, 9.17) is 0 Å². The van der Waals surface area contributed by atoms with Crippen molar-refractivity contribution in [3.05, 3.63) is 0 Å². The number of carbonyl (C=O) groups is 1. The van der Waals surface area contributed by atoms with Gasteiger partial charge in [-0.05, 0) is 25.9 Å². The van der Waals surface area contributed by atoms with E-state index in [0.717, 1.165) is 12.2 Å². The number of aldehydes is 1. The molecule has 0 heterocycles. The fourth-order valence-electron chi connectivity index (χ4n) is 1.21. The summed E-state index contributed by atoms with van der Waals surface area (Å²) in [4.78, 5) is 9.17. The second-order valence-corrected chi connectivity index (χ2v) is 4.28. The first-order chi connectivity index (χ1) is 8.18. The third kappa shape index (κ3) is 39.0. The maximum Gasteiger partial charge on any atom is 0.119 e. The van der Waals surface area contributed by atoms with Gasteiger partial charge in [-0.3, -0.25) is 0 Å². The fraction of sp³-hybridized carbons (Fsp3) is 0.933. The maximum absolute atomic E-state index is 9.17. The number of hydrogen-bond acceptors (Lipinski definition) is 2. The summed E-state index contributed by atoms with van der Waals surface area (Å²) in [6, 6.07) is 0. The van der Waals surface area contributed by atoms with E-state index < -0.39 is 0 Å². The molecule has 0 fully saturated rings. The monoisotopic (exact) mass is 245 g/mol. The summed E-state index contributed by atoms with van der Waals surface area (Å²) in [5.41, 5.74) is 0. The van der Waals surface area contributed by atoms with Gasteiger partial charge in [-0.15, -0.1) is 0 Å². The molecule has 0 saturated heterocycles. The number of nitrogens with one attached hydrogen (secondary N) is 1. The highest BCUT2D eigenvalue weighted by molar-refractivity contribution is 5.48. The zero-order chi connectivity index (χ0) is 13.9. The van der Waals surface area contributed by atoms with E-state index in [0.29, 0.717) is 6.42 Å². The van der Waals surface area contributed by atoms with E-state index in [9.17, 15) is 4.79 Å². The third-order valence-corrected chi connectivity index (χ3v) is 2.12. The fourth-order valence-corrected chi connectivity index (χ4v) is 1.21. The first-order valence-electron chi connectivity index (χ1n) is 7.27. The highest BCUT2D eigenvalue weighted by Crippen LogP contribution is 2.08. The molecule has 0 aromatic carbocycles. The molecule has 1 N–H and O–H groups in total. The molecule has 0 aliphatic carbocycles. The molecule has 0 aliphatic rings. The van der Waals surface area contributed by atoms with Gasteiger partial charge in [0.05, 0.1) is 0 Å². The lowest BCUT2D eigenvalue weighted by atomic mass is 10.0. The van der Waals surface area contributed by atoms with Gasteiger partial charge >= 0.3 is 0 Å². The number of hydrogen-bond donors (Lipinski definition) is 1. The van der Waals surface area contributed by atoms with Crippen molar-refractivity contribution in [2.75, 3.05) is 13.6 Å². The second kappa shape index (κ2) is 24.7. The largest absolute Gasteiger partial charge is 0.320 e. The Labute approximate surface area is 110 Å². The average Bonchev–Trinajstić information content (AvgIpc) is 2.36. The highest BCUT2D eigenvalue weighted by atomic mass is 16.1. The molecule has 0 aromatic heterocycles. The molecule has 0 spiro atoms. The maximum atomic E-state index is 9.17. The van der Waals surface area contributed by atoms with Crippen LogP contribution in [0.2, 0.25) is 0 Å². The highest BCUT2D eigenvalue weighted by Gasteiger charge is 1.93. The summed E-state index contributed by atoms with van der Waals surface area (Å²) in [7, 11) is 2.02. The molecule has 2 heteroatoms. The molecule has 0 amide bonds. The number of rotatable bonds is 8. The van der Waals surface area contributed by atoms with E-state index in [1.54, 1.807) is 0 Å². The lowest BCUT2D eigenvalue weighted by Gasteiger charge is -2.03. The Balaban J connectivity index is -0.000000275. The van der Waals surface area contributed by atoms with Crippen molar-refractivity contribution >= 4 is 6.29 Å². The van der Waals surface area contributed by atoms with Gasteiger partial charge in [0.1, 0.15) is 6.29 Å². The molecule has 0 bridgehead atoms. The van der Waals surface area contributed by atoms with Crippen LogP contribution in [0.4, 0.5) is 0 Å². The minimum atomic E-state index is 0.639. The van der Waals surface area contributed by atoms with Crippen LogP contribution in [-0.2, 0) is 4.79 Å². The molecular formula is C15H35NO. The number of carbonyl (C=O) groups excluding carboxylic acids is 1. The van der Waals surface area contributed by atoms with Crippen LogP contribution >= 0.6 is 0 Å². The predicted molar refractivity (Wildman–Crippen MR) is 79.6 cm³/mol. The van der Waals surface area contributed by atoms with Crippen molar-refractivity contribution in [3.63, 3.8) is 0 Å². The third-order valence-electron chi connectivity index (χ3n) is 2.12. The molecule has 17 heavy (non-hydrogen) atoms. The van der Waals surface area contributed by atoms with Crippen LogP contribution in [0.3, 0.4) is 0 Å². The van der Waals surface area contributed by atoms with Crippen molar-refractivity contribution in [1.29, 1.82) is 0 Å².